The van der Waals surface area contributed by atoms with Crippen molar-refractivity contribution in [1.82, 2.24) is 15.5 Å². The summed E-state index contributed by atoms with van der Waals surface area (Å²) >= 11 is 1.58. The van der Waals surface area contributed by atoms with Crippen molar-refractivity contribution in [2.75, 3.05) is 18.6 Å². The molecular weight excluding hydrogens is 498 g/mol. The van der Waals surface area contributed by atoms with Gasteiger partial charge in [0, 0.05) is 18.2 Å². The summed E-state index contributed by atoms with van der Waals surface area (Å²) < 4.78 is 5.45. The van der Waals surface area contributed by atoms with Gasteiger partial charge in [0.1, 0.15) is 17.7 Å². The van der Waals surface area contributed by atoms with E-state index in [1.807, 2.05) is 32.2 Å². The summed E-state index contributed by atoms with van der Waals surface area (Å²) in [4.78, 5) is 42.1. The third kappa shape index (κ3) is 11.8. The Morgan fingerprint density at radius 1 is 1.08 bits per heavy atom. The molecular formula is C30H47N3O4S. The number of alkyl carbamates (subject to hydrolysis) is 1. The highest BCUT2D eigenvalue weighted by atomic mass is 32.2. The molecule has 0 saturated heterocycles. The second kappa shape index (κ2) is 17.0. The smallest absolute Gasteiger partial charge is 0.408 e. The van der Waals surface area contributed by atoms with Crippen LogP contribution < -0.4 is 10.6 Å². The number of rotatable bonds is 15. The molecule has 212 valence electrons. The quantitative estimate of drug-likeness (QED) is 0.219. The third-order valence-corrected chi connectivity index (χ3v) is 6.43. The number of unbranched alkanes of at least 4 members (excludes halogenated alkanes) is 4. The van der Waals surface area contributed by atoms with E-state index in [1.165, 1.54) is 0 Å². The van der Waals surface area contributed by atoms with Crippen molar-refractivity contribution < 1.29 is 19.1 Å². The average molecular weight is 546 g/mol. The predicted molar refractivity (Wildman–Crippen MR) is 157 cm³/mol. The van der Waals surface area contributed by atoms with Crippen LogP contribution in [0.15, 0.2) is 24.3 Å². The van der Waals surface area contributed by atoms with Gasteiger partial charge in [-0.05, 0) is 71.1 Å². The molecule has 1 aromatic rings. The number of thioether (sulfide) groups is 1. The molecule has 2 unspecified atom stereocenters. The topological polar surface area (TPSA) is 87.7 Å². The van der Waals surface area contributed by atoms with Crippen molar-refractivity contribution in [3.63, 3.8) is 0 Å². The lowest BCUT2D eigenvalue weighted by Gasteiger charge is -2.35. The minimum atomic E-state index is -0.930. The van der Waals surface area contributed by atoms with Crippen molar-refractivity contribution in [3.8, 4) is 12.3 Å². The average Bonchev–Trinajstić information content (AvgIpc) is 2.83. The maximum Gasteiger partial charge on any atom is 0.408 e. The lowest BCUT2D eigenvalue weighted by atomic mass is 9.96. The number of carbonyl (C=O) groups is 3. The molecule has 0 aromatic heterocycles. The lowest BCUT2D eigenvalue weighted by molar-refractivity contribution is -0.142. The van der Waals surface area contributed by atoms with E-state index >= 15 is 0 Å². The van der Waals surface area contributed by atoms with Crippen molar-refractivity contribution in [2.24, 2.45) is 0 Å². The van der Waals surface area contributed by atoms with Crippen LogP contribution in [0.4, 0.5) is 4.79 Å². The first-order valence-corrected chi connectivity index (χ1v) is 15.0. The monoisotopic (exact) mass is 545 g/mol. The van der Waals surface area contributed by atoms with Crippen LogP contribution in [0.5, 0.6) is 0 Å². The Balaban J connectivity index is 3.51. The fourth-order valence-electron chi connectivity index (χ4n) is 4.08. The molecule has 0 spiro atoms. The molecule has 38 heavy (non-hydrogen) atoms. The summed E-state index contributed by atoms with van der Waals surface area (Å²) in [5.74, 6) is 2.70. The summed E-state index contributed by atoms with van der Waals surface area (Å²) in [6, 6.07) is 5.31. The van der Waals surface area contributed by atoms with Crippen LogP contribution in [0.3, 0.4) is 0 Å². The van der Waals surface area contributed by atoms with Gasteiger partial charge in [-0.25, -0.2) is 4.79 Å². The van der Waals surface area contributed by atoms with E-state index in [0.29, 0.717) is 29.8 Å². The number of nitrogens with one attached hydrogen (secondary N) is 2. The minimum Gasteiger partial charge on any atom is -0.444 e. The Hall–Kier alpha value is -2.66. The van der Waals surface area contributed by atoms with E-state index in [-0.39, 0.29) is 17.9 Å². The molecule has 0 radical (unpaired) electrons. The van der Waals surface area contributed by atoms with Gasteiger partial charge >= 0.3 is 6.09 Å². The summed E-state index contributed by atoms with van der Waals surface area (Å²) in [5, 5.41) is 5.75. The summed E-state index contributed by atoms with van der Waals surface area (Å²) in [6.07, 6.45) is 12.4. The molecule has 0 aliphatic rings. The van der Waals surface area contributed by atoms with Crippen molar-refractivity contribution in [2.45, 2.75) is 104 Å². The van der Waals surface area contributed by atoms with Gasteiger partial charge in [-0.1, -0.05) is 56.7 Å². The zero-order valence-electron chi connectivity index (χ0n) is 24.3. The first-order valence-electron chi connectivity index (χ1n) is 13.6. The van der Waals surface area contributed by atoms with Crippen LogP contribution in [0.1, 0.15) is 97.2 Å². The van der Waals surface area contributed by atoms with Crippen molar-refractivity contribution >= 4 is 29.7 Å². The SMILES string of the molecule is C#Cc1ccccc1C(C(=O)NC(C)C)N(CCCCCCC)C(=O)C(CCSC)NC(=O)OC(C)(C)C. The number of hydrogen-bond acceptors (Lipinski definition) is 5. The number of hydrogen-bond donors (Lipinski definition) is 2. The van der Waals surface area contributed by atoms with Gasteiger partial charge in [0.15, 0.2) is 0 Å². The van der Waals surface area contributed by atoms with Crippen LogP contribution in [0, 0.1) is 12.3 Å². The number of benzene rings is 1. The number of nitrogens with zero attached hydrogens (tertiary/aromatic N) is 1. The number of amides is 3. The van der Waals surface area contributed by atoms with Gasteiger partial charge < -0.3 is 20.3 Å². The van der Waals surface area contributed by atoms with Gasteiger partial charge in [0.25, 0.3) is 0 Å². The maximum absolute atomic E-state index is 14.2. The first kappa shape index (κ1) is 33.4. The Morgan fingerprint density at radius 3 is 2.32 bits per heavy atom. The molecule has 0 fully saturated rings. The molecule has 1 aromatic carbocycles. The van der Waals surface area contributed by atoms with Crippen LogP contribution in [-0.2, 0) is 14.3 Å². The van der Waals surface area contributed by atoms with E-state index in [0.717, 1.165) is 32.1 Å². The zero-order chi connectivity index (χ0) is 28.7. The molecule has 7 nitrogen and oxygen atoms in total. The van der Waals surface area contributed by atoms with E-state index in [4.69, 9.17) is 11.2 Å². The van der Waals surface area contributed by atoms with E-state index in [1.54, 1.807) is 49.6 Å². The van der Waals surface area contributed by atoms with Gasteiger partial charge in [0.2, 0.25) is 11.8 Å². The van der Waals surface area contributed by atoms with Crippen LogP contribution in [0.2, 0.25) is 0 Å². The predicted octanol–water partition coefficient (Wildman–Crippen LogP) is 5.68. The molecule has 0 bridgehead atoms. The summed E-state index contributed by atoms with van der Waals surface area (Å²) in [6.45, 7) is 11.6. The molecule has 8 heteroatoms. The highest BCUT2D eigenvalue weighted by Crippen LogP contribution is 2.27. The third-order valence-electron chi connectivity index (χ3n) is 5.79. The van der Waals surface area contributed by atoms with Gasteiger partial charge in [-0.15, -0.1) is 6.42 Å². The van der Waals surface area contributed by atoms with Crippen molar-refractivity contribution in [3.05, 3.63) is 35.4 Å². The van der Waals surface area contributed by atoms with E-state index in [2.05, 4.69) is 23.5 Å². The Bertz CT molecular complexity index is 936. The molecule has 1 rings (SSSR count). The second-order valence-electron chi connectivity index (χ2n) is 10.7. The minimum absolute atomic E-state index is 0.128. The summed E-state index contributed by atoms with van der Waals surface area (Å²) in [5.41, 5.74) is 0.443. The van der Waals surface area contributed by atoms with Crippen LogP contribution in [-0.4, -0.2) is 59.0 Å². The Morgan fingerprint density at radius 2 is 1.74 bits per heavy atom. The molecule has 0 aliphatic carbocycles. The number of ether oxygens (including phenoxy) is 1. The molecule has 0 aliphatic heterocycles. The molecule has 0 heterocycles. The number of carbonyl (C=O) groups excluding carboxylic acids is 3. The second-order valence-corrected chi connectivity index (χ2v) is 11.7. The Kier molecular flexibility index (Phi) is 15.0. The van der Waals surface area contributed by atoms with E-state index < -0.39 is 23.8 Å². The van der Waals surface area contributed by atoms with Crippen LogP contribution in [0.25, 0.3) is 0 Å². The molecule has 3 amide bonds. The molecule has 2 atom stereocenters. The highest BCUT2D eigenvalue weighted by molar-refractivity contribution is 7.98. The van der Waals surface area contributed by atoms with Crippen molar-refractivity contribution in [1.29, 1.82) is 0 Å². The molecule has 0 saturated carbocycles. The van der Waals surface area contributed by atoms with E-state index in [9.17, 15) is 14.4 Å². The standard InChI is InChI=1S/C30H47N3O4S/c1-9-11-12-13-16-20-33(28(35)25(19-21-38-8)32-29(36)37-30(5,6)7)26(27(34)31-22(3)4)24-18-15-14-17-23(24)10-2/h2,14-15,17-18,22,25-26H,9,11-13,16,19-21H2,1,3-8H3,(H,31,34)(H,32,36). The largest absolute Gasteiger partial charge is 0.444 e. The van der Waals surface area contributed by atoms with Gasteiger partial charge in [-0.3, -0.25) is 9.59 Å². The fraction of sp³-hybridized carbons (Fsp3) is 0.633. The summed E-state index contributed by atoms with van der Waals surface area (Å²) in [7, 11) is 0. The fourth-order valence-corrected chi connectivity index (χ4v) is 4.55. The lowest BCUT2D eigenvalue weighted by Crippen LogP contribution is -2.54. The van der Waals surface area contributed by atoms with Gasteiger partial charge in [0.05, 0.1) is 0 Å². The number of terminal acetylenes is 1. The normalized spacial score (nSPS) is 12.8. The van der Waals surface area contributed by atoms with Crippen LogP contribution >= 0.6 is 11.8 Å². The van der Waals surface area contributed by atoms with Gasteiger partial charge in [-0.2, -0.15) is 11.8 Å². The Labute approximate surface area is 234 Å². The highest BCUT2D eigenvalue weighted by Gasteiger charge is 2.37. The molecule has 2 N–H and O–H groups in total. The zero-order valence-corrected chi connectivity index (χ0v) is 25.1. The maximum atomic E-state index is 14.2. The first-order chi connectivity index (χ1) is 17.9.